The van der Waals surface area contributed by atoms with Crippen molar-refractivity contribution < 1.29 is 23.1 Å². The number of hydrogen-bond donors (Lipinski definition) is 1. The Kier molecular flexibility index (Phi) is 8.68. The van der Waals surface area contributed by atoms with Crippen LogP contribution in [0, 0.1) is 5.92 Å². The molecule has 0 unspecified atom stereocenters. The van der Waals surface area contributed by atoms with Crippen molar-refractivity contribution in [3.63, 3.8) is 0 Å². The van der Waals surface area contributed by atoms with Crippen molar-refractivity contribution in [3.05, 3.63) is 41.5 Å². The second kappa shape index (κ2) is 10.2. The Morgan fingerprint density at radius 2 is 1.96 bits per heavy atom. The molecule has 6 nitrogen and oxygen atoms in total. The van der Waals surface area contributed by atoms with Crippen molar-refractivity contribution in [2.45, 2.75) is 32.6 Å². The molecule has 144 valence electrons. The summed E-state index contributed by atoms with van der Waals surface area (Å²) in [7, 11) is -0.130. The van der Waals surface area contributed by atoms with Crippen LogP contribution in [0.25, 0.3) is 6.08 Å². The number of rotatable bonds is 11. The van der Waals surface area contributed by atoms with E-state index in [1.165, 1.54) is 18.4 Å². The first-order chi connectivity index (χ1) is 12.1. The zero-order chi connectivity index (χ0) is 19.7. The Bertz CT molecular complexity index is 753. The summed E-state index contributed by atoms with van der Waals surface area (Å²) in [5, 5.41) is 8.87. The second-order valence-electron chi connectivity index (χ2n) is 6.47. The number of sulfonamides is 1. The molecule has 0 aliphatic carbocycles. The summed E-state index contributed by atoms with van der Waals surface area (Å²) in [4.78, 5) is 23.0. The van der Waals surface area contributed by atoms with Crippen LogP contribution in [0.1, 0.15) is 48.5 Å². The van der Waals surface area contributed by atoms with Gasteiger partial charge < -0.3 is 5.11 Å². The first-order valence-electron chi connectivity index (χ1n) is 8.56. The maximum atomic E-state index is 12.2. The summed E-state index contributed by atoms with van der Waals surface area (Å²) in [5.41, 5.74) is 1.41. The molecule has 0 radical (unpaired) electrons. The van der Waals surface area contributed by atoms with Crippen LogP contribution in [0.2, 0.25) is 0 Å². The molecule has 0 saturated heterocycles. The van der Waals surface area contributed by atoms with Crippen LogP contribution in [0.15, 0.2) is 30.3 Å². The first-order valence-corrected chi connectivity index (χ1v) is 10.2. The van der Waals surface area contributed by atoms with Gasteiger partial charge in [-0.15, -0.1) is 0 Å². The van der Waals surface area contributed by atoms with E-state index in [4.69, 9.17) is 5.11 Å². The summed E-state index contributed by atoms with van der Waals surface area (Å²) in [5.74, 6) is -1.42. The third kappa shape index (κ3) is 7.49. The predicted molar refractivity (Wildman–Crippen MR) is 103 cm³/mol. The van der Waals surface area contributed by atoms with Gasteiger partial charge in [-0.25, -0.2) is 12.7 Å². The molecule has 0 aliphatic heterocycles. The Labute approximate surface area is 155 Å². The highest BCUT2D eigenvalue weighted by molar-refractivity contribution is 7.89. The number of carboxylic acids is 1. The molecule has 1 rings (SSSR count). The van der Waals surface area contributed by atoms with Crippen molar-refractivity contribution >= 4 is 27.9 Å². The SMILES string of the molecule is C[C@@H](CCC(=O)c1cccc(/C=C\CCCS(=O)(=O)N(C)C)c1)C(=O)O. The fourth-order valence-electron chi connectivity index (χ4n) is 2.22. The van der Waals surface area contributed by atoms with Crippen molar-refractivity contribution in [2.24, 2.45) is 5.92 Å². The Morgan fingerprint density at radius 3 is 2.58 bits per heavy atom. The predicted octanol–water partition coefficient (Wildman–Crippen LogP) is 3.06. The van der Waals surface area contributed by atoms with E-state index in [0.29, 0.717) is 24.8 Å². The summed E-state index contributed by atoms with van der Waals surface area (Å²) in [6.45, 7) is 1.59. The first kappa shape index (κ1) is 22.1. The van der Waals surface area contributed by atoms with Crippen LogP contribution in [0.3, 0.4) is 0 Å². The average Bonchev–Trinajstić information content (AvgIpc) is 2.58. The Balaban J connectivity index is 2.56. The summed E-state index contributed by atoms with van der Waals surface area (Å²) in [6.07, 6.45) is 5.42. The highest BCUT2D eigenvalue weighted by Crippen LogP contribution is 2.14. The van der Waals surface area contributed by atoms with Crippen LogP contribution in [0.4, 0.5) is 0 Å². The maximum absolute atomic E-state index is 12.2. The minimum Gasteiger partial charge on any atom is -0.481 e. The van der Waals surface area contributed by atoms with Crippen molar-refractivity contribution in [2.75, 3.05) is 19.8 Å². The molecule has 1 aromatic rings. The number of aliphatic carboxylic acids is 1. The minimum atomic E-state index is -3.17. The van der Waals surface area contributed by atoms with Gasteiger partial charge in [0.25, 0.3) is 0 Å². The molecule has 1 atom stereocenters. The van der Waals surface area contributed by atoms with Gasteiger partial charge in [0.1, 0.15) is 0 Å². The van der Waals surface area contributed by atoms with Gasteiger partial charge in [0.15, 0.2) is 5.78 Å². The fourth-order valence-corrected chi connectivity index (χ4v) is 3.11. The molecule has 0 aliphatic rings. The molecule has 7 heteroatoms. The average molecular weight is 381 g/mol. The lowest BCUT2D eigenvalue weighted by atomic mass is 9.99. The Morgan fingerprint density at radius 1 is 1.27 bits per heavy atom. The third-order valence-electron chi connectivity index (χ3n) is 4.07. The molecule has 0 fully saturated rings. The lowest BCUT2D eigenvalue weighted by Gasteiger charge is -2.09. The van der Waals surface area contributed by atoms with Gasteiger partial charge in [-0.05, 0) is 30.9 Å². The van der Waals surface area contributed by atoms with E-state index in [2.05, 4.69) is 0 Å². The number of hydrogen-bond acceptors (Lipinski definition) is 4. The highest BCUT2D eigenvalue weighted by atomic mass is 32.2. The molecule has 1 aromatic carbocycles. The van der Waals surface area contributed by atoms with Gasteiger partial charge >= 0.3 is 5.97 Å². The van der Waals surface area contributed by atoms with Gasteiger partial charge in [0.05, 0.1) is 11.7 Å². The van der Waals surface area contributed by atoms with Gasteiger partial charge in [0, 0.05) is 26.1 Å². The quantitative estimate of drug-likeness (QED) is 0.470. The summed E-state index contributed by atoms with van der Waals surface area (Å²) >= 11 is 0. The van der Waals surface area contributed by atoms with E-state index in [1.807, 2.05) is 18.2 Å². The topological polar surface area (TPSA) is 91.8 Å². The minimum absolute atomic E-state index is 0.0783. The van der Waals surface area contributed by atoms with E-state index < -0.39 is 21.9 Å². The van der Waals surface area contributed by atoms with Crippen LogP contribution in [-0.2, 0) is 14.8 Å². The summed E-state index contributed by atoms with van der Waals surface area (Å²) < 4.78 is 24.5. The van der Waals surface area contributed by atoms with Crippen LogP contribution >= 0.6 is 0 Å². The molecule has 1 N–H and O–H groups in total. The highest BCUT2D eigenvalue weighted by Gasteiger charge is 2.14. The molecule has 0 aromatic heterocycles. The number of Topliss-reactive ketones (excluding diaryl/α,β-unsaturated/α-hetero) is 1. The smallest absolute Gasteiger partial charge is 0.306 e. The van der Waals surface area contributed by atoms with E-state index in [1.54, 1.807) is 25.1 Å². The van der Waals surface area contributed by atoms with Crippen molar-refractivity contribution in [1.82, 2.24) is 4.31 Å². The Hall–Kier alpha value is -1.99. The molecule has 0 bridgehead atoms. The van der Waals surface area contributed by atoms with Crippen molar-refractivity contribution in [1.29, 1.82) is 0 Å². The van der Waals surface area contributed by atoms with Gasteiger partial charge in [-0.2, -0.15) is 0 Å². The van der Waals surface area contributed by atoms with E-state index in [-0.39, 0.29) is 18.0 Å². The van der Waals surface area contributed by atoms with Crippen LogP contribution < -0.4 is 0 Å². The van der Waals surface area contributed by atoms with Crippen LogP contribution in [-0.4, -0.2) is 49.4 Å². The van der Waals surface area contributed by atoms with Gasteiger partial charge in [-0.1, -0.05) is 37.3 Å². The monoisotopic (exact) mass is 381 g/mol. The van der Waals surface area contributed by atoms with E-state index in [0.717, 1.165) is 5.56 Å². The number of carboxylic acid groups (broad SMARTS) is 1. The number of ketones is 1. The molecular formula is C19H27NO5S. The second-order valence-corrected chi connectivity index (χ2v) is 8.77. The fraction of sp³-hybridized carbons (Fsp3) is 0.474. The van der Waals surface area contributed by atoms with Crippen molar-refractivity contribution in [3.8, 4) is 0 Å². The number of nitrogens with zero attached hydrogens (tertiary/aromatic N) is 1. The largest absolute Gasteiger partial charge is 0.481 e. The lowest BCUT2D eigenvalue weighted by molar-refractivity contribution is -0.141. The maximum Gasteiger partial charge on any atom is 0.306 e. The molecule has 0 spiro atoms. The normalized spacial score (nSPS) is 13.2. The molecular weight excluding hydrogens is 354 g/mol. The standard InChI is InChI=1S/C19H27NO5S/c1-15(19(22)23)11-12-18(21)17-10-7-9-16(14-17)8-5-4-6-13-26(24,25)20(2)3/h5,7-10,14-15H,4,6,11-13H2,1-3H3,(H,22,23)/b8-5-/t15-/m0/s1. The molecule has 0 heterocycles. The third-order valence-corrected chi connectivity index (χ3v) is 5.99. The van der Waals surface area contributed by atoms with Crippen LogP contribution in [0.5, 0.6) is 0 Å². The lowest BCUT2D eigenvalue weighted by Crippen LogP contribution is -2.24. The molecule has 0 saturated carbocycles. The number of unbranched alkanes of at least 4 members (excludes halogenated alkanes) is 1. The zero-order valence-electron chi connectivity index (χ0n) is 15.5. The number of benzene rings is 1. The van der Waals surface area contributed by atoms with Gasteiger partial charge in [0.2, 0.25) is 10.0 Å². The molecule has 0 amide bonds. The van der Waals surface area contributed by atoms with E-state index >= 15 is 0 Å². The number of carbonyl (C=O) groups is 2. The summed E-state index contributed by atoms with van der Waals surface area (Å²) in [6, 6.07) is 7.13. The number of carbonyl (C=O) groups excluding carboxylic acids is 1. The zero-order valence-corrected chi connectivity index (χ0v) is 16.3. The number of allylic oxidation sites excluding steroid dienone is 1. The molecule has 26 heavy (non-hydrogen) atoms. The van der Waals surface area contributed by atoms with E-state index in [9.17, 15) is 18.0 Å². The van der Waals surface area contributed by atoms with Gasteiger partial charge in [-0.3, -0.25) is 9.59 Å².